The molecule has 0 bridgehead atoms. The first-order chi connectivity index (χ1) is 9.41. The van der Waals surface area contributed by atoms with Gasteiger partial charge in [0.25, 0.3) is 0 Å². The summed E-state index contributed by atoms with van der Waals surface area (Å²) in [4.78, 5) is 1.24. The standard InChI is InChI=1S/C14H22N2O2S2/c1-16(2)20(17,18)12-7-8-14(13(15)9-12)19-10-11-5-3-4-6-11/h7-9,11H,3-6,10,15H2,1-2H3. The number of hydrogen-bond acceptors (Lipinski definition) is 4. The van der Waals surface area contributed by atoms with Crippen LogP contribution in [-0.2, 0) is 10.0 Å². The Bertz CT molecular complexity index is 565. The molecule has 1 saturated carbocycles. The van der Waals surface area contributed by atoms with Gasteiger partial charge in [-0.25, -0.2) is 12.7 Å². The van der Waals surface area contributed by atoms with Gasteiger partial charge in [0.15, 0.2) is 0 Å². The topological polar surface area (TPSA) is 63.4 Å². The molecule has 0 radical (unpaired) electrons. The summed E-state index contributed by atoms with van der Waals surface area (Å²) in [6.07, 6.45) is 5.28. The number of anilines is 1. The Morgan fingerprint density at radius 3 is 2.50 bits per heavy atom. The molecule has 0 aliphatic heterocycles. The molecular weight excluding hydrogens is 292 g/mol. The zero-order chi connectivity index (χ0) is 14.8. The van der Waals surface area contributed by atoms with Crippen molar-refractivity contribution in [2.45, 2.75) is 35.5 Å². The molecule has 0 amide bonds. The maximum absolute atomic E-state index is 12.0. The second kappa shape index (κ2) is 6.37. The Morgan fingerprint density at radius 1 is 1.30 bits per heavy atom. The molecular formula is C14H22N2O2S2. The SMILES string of the molecule is CN(C)S(=O)(=O)c1ccc(SCC2CCCC2)c(N)c1. The summed E-state index contributed by atoms with van der Waals surface area (Å²) in [5, 5.41) is 0. The minimum atomic E-state index is -3.40. The monoisotopic (exact) mass is 314 g/mol. The van der Waals surface area contributed by atoms with Gasteiger partial charge in [0.2, 0.25) is 10.0 Å². The van der Waals surface area contributed by atoms with Crippen LogP contribution in [0.15, 0.2) is 28.0 Å². The Labute approximate surface area is 125 Å². The molecule has 6 heteroatoms. The van der Waals surface area contributed by atoms with Gasteiger partial charge in [-0.15, -0.1) is 11.8 Å². The molecule has 20 heavy (non-hydrogen) atoms. The number of nitrogen functional groups attached to an aromatic ring is 1. The summed E-state index contributed by atoms with van der Waals surface area (Å²) >= 11 is 1.74. The van der Waals surface area contributed by atoms with Crippen molar-refractivity contribution in [1.29, 1.82) is 0 Å². The minimum Gasteiger partial charge on any atom is -0.398 e. The summed E-state index contributed by atoms with van der Waals surface area (Å²) in [7, 11) is -0.358. The van der Waals surface area contributed by atoms with Crippen LogP contribution in [0.25, 0.3) is 0 Å². The molecule has 0 atom stereocenters. The molecule has 2 N–H and O–H groups in total. The van der Waals surface area contributed by atoms with Crippen molar-refractivity contribution in [2.24, 2.45) is 5.92 Å². The van der Waals surface area contributed by atoms with Gasteiger partial charge in [0.1, 0.15) is 0 Å². The fraction of sp³-hybridized carbons (Fsp3) is 0.571. The third-order valence-electron chi connectivity index (χ3n) is 3.71. The van der Waals surface area contributed by atoms with Crippen LogP contribution in [-0.4, -0.2) is 32.6 Å². The fourth-order valence-electron chi connectivity index (χ4n) is 2.41. The molecule has 112 valence electrons. The molecule has 1 aliphatic carbocycles. The molecule has 0 aromatic heterocycles. The highest BCUT2D eigenvalue weighted by atomic mass is 32.2. The van der Waals surface area contributed by atoms with Gasteiger partial charge in [-0.1, -0.05) is 12.8 Å². The van der Waals surface area contributed by atoms with Crippen LogP contribution in [0.3, 0.4) is 0 Å². The van der Waals surface area contributed by atoms with E-state index in [9.17, 15) is 8.42 Å². The van der Waals surface area contributed by atoms with Gasteiger partial charge in [0.05, 0.1) is 4.90 Å². The van der Waals surface area contributed by atoms with E-state index in [4.69, 9.17) is 5.73 Å². The number of nitrogens with zero attached hydrogens (tertiary/aromatic N) is 1. The van der Waals surface area contributed by atoms with Gasteiger partial charge < -0.3 is 5.73 Å². The number of benzene rings is 1. The zero-order valence-electron chi connectivity index (χ0n) is 12.0. The lowest BCUT2D eigenvalue weighted by atomic mass is 10.1. The van der Waals surface area contributed by atoms with E-state index < -0.39 is 10.0 Å². The van der Waals surface area contributed by atoms with E-state index in [2.05, 4.69) is 0 Å². The maximum atomic E-state index is 12.0. The van der Waals surface area contributed by atoms with E-state index in [-0.39, 0.29) is 4.90 Å². The van der Waals surface area contributed by atoms with E-state index in [0.29, 0.717) is 5.69 Å². The first kappa shape index (κ1) is 15.7. The Morgan fingerprint density at radius 2 is 1.95 bits per heavy atom. The second-order valence-electron chi connectivity index (χ2n) is 5.45. The predicted molar refractivity (Wildman–Crippen MR) is 84.4 cm³/mol. The Balaban J connectivity index is 2.09. The van der Waals surface area contributed by atoms with Crippen molar-refractivity contribution in [2.75, 3.05) is 25.6 Å². The molecule has 1 aromatic rings. The van der Waals surface area contributed by atoms with E-state index in [1.54, 1.807) is 23.9 Å². The number of nitrogens with two attached hydrogens (primary N) is 1. The number of hydrogen-bond donors (Lipinski definition) is 1. The average molecular weight is 314 g/mol. The summed E-state index contributed by atoms with van der Waals surface area (Å²) in [5.41, 5.74) is 6.55. The zero-order valence-corrected chi connectivity index (χ0v) is 13.6. The van der Waals surface area contributed by atoms with Gasteiger partial charge in [-0.05, 0) is 37.0 Å². The highest BCUT2D eigenvalue weighted by Crippen LogP contribution is 2.34. The van der Waals surface area contributed by atoms with Crippen molar-refractivity contribution < 1.29 is 8.42 Å². The molecule has 4 nitrogen and oxygen atoms in total. The first-order valence-electron chi connectivity index (χ1n) is 6.86. The van der Waals surface area contributed by atoms with Crippen LogP contribution in [0.1, 0.15) is 25.7 Å². The lowest BCUT2D eigenvalue weighted by Gasteiger charge is -2.14. The fourth-order valence-corrected chi connectivity index (χ4v) is 4.49. The van der Waals surface area contributed by atoms with E-state index >= 15 is 0 Å². The molecule has 1 aromatic carbocycles. The summed E-state index contributed by atoms with van der Waals surface area (Å²) in [6.45, 7) is 0. The molecule has 0 saturated heterocycles. The predicted octanol–water partition coefficient (Wildman–Crippen LogP) is 2.80. The van der Waals surface area contributed by atoms with Crippen LogP contribution in [0.4, 0.5) is 5.69 Å². The van der Waals surface area contributed by atoms with Gasteiger partial charge in [0, 0.05) is 30.4 Å². The highest BCUT2D eigenvalue weighted by molar-refractivity contribution is 7.99. The van der Waals surface area contributed by atoms with Crippen molar-refractivity contribution in [3.05, 3.63) is 18.2 Å². The third-order valence-corrected chi connectivity index (χ3v) is 6.84. The summed E-state index contributed by atoms with van der Waals surface area (Å²) in [6, 6.07) is 5.03. The summed E-state index contributed by atoms with van der Waals surface area (Å²) < 4.78 is 25.3. The molecule has 1 aliphatic rings. The first-order valence-corrected chi connectivity index (χ1v) is 9.28. The van der Waals surface area contributed by atoms with Gasteiger partial charge in [-0.3, -0.25) is 0 Å². The van der Waals surface area contributed by atoms with Crippen molar-refractivity contribution >= 4 is 27.5 Å². The number of sulfonamides is 1. The minimum absolute atomic E-state index is 0.255. The number of thioether (sulfide) groups is 1. The molecule has 0 unspecified atom stereocenters. The van der Waals surface area contributed by atoms with E-state index in [1.807, 2.05) is 6.07 Å². The van der Waals surface area contributed by atoms with Crippen molar-refractivity contribution in [1.82, 2.24) is 4.31 Å². The highest BCUT2D eigenvalue weighted by Gasteiger charge is 2.19. The van der Waals surface area contributed by atoms with Crippen LogP contribution < -0.4 is 5.73 Å². The lowest BCUT2D eigenvalue weighted by molar-refractivity contribution is 0.520. The van der Waals surface area contributed by atoms with Crippen LogP contribution in [0.5, 0.6) is 0 Å². The quantitative estimate of drug-likeness (QED) is 0.670. The second-order valence-corrected chi connectivity index (χ2v) is 8.66. The van der Waals surface area contributed by atoms with Gasteiger partial charge >= 0.3 is 0 Å². The van der Waals surface area contributed by atoms with Crippen molar-refractivity contribution in [3.8, 4) is 0 Å². The van der Waals surface area contributed by atoms with Crippen LogP contribution in [0.2, 0.25) is 0 Å². The van der Waals surface area contributed by atoms with E-state index in [0.717, 1.165) is 16.6 Å². The third kappa shape index (κ3) is 3.48. The molecule has 0 heterocycles. The molecule has 0 spiro atoms. The molecule has 2 rings (SSSR count). The molecule has 1 fully saturated rings. The largest absolute Gasteiger partial charge is 0.398 e. The van der Waals surface area contributed by atoms with Crippen LogP contribution in [0, 0.1) is 5.92 Å². The maximum Gasteiger partial charge on any atom is 0.242 e. The van der Waals surface area contributed by atoms with Gasteiger partial charge in [-0.2, -0.15) is 0 Å². The summed E-state index contributed by atoms with van der Waals surface area (Å²) in [5.74, 6) is 1.86. The number of rotatable bonds is 5. The van der Waals surface area contributed by atoms with Crippen LogP contribution >= 0.6 is 11.8 Å². The average Bonchev–Trinajstić information content (AvgIpc) is 2.90. The van der Waals surface area contributed by atoms with Crippen molar-refractivity contribution in [3.63, 3.8) is 0 Å². The van der Waals surface area contributed by atoms with E-state index in [1.165, 1.54) is 44.1 Å². The normalized spacial score (nSPS) is 16.9. The smallest absolute Gasteiger partial charge is 0.242 e. The Hall–Kier alpha value is -0.720. The lowest BCUT2D eigenvalue weighted by Crippen LogP contribution is -2.22. The Kier molecular flexibility index (Phi) is 4.99.